The van der Waals surface area contributed by atoms with Crippen molar-refractivity contribution in [2.45, 2.75) is 0 Å². The van der Waals surface area contributed by atoms with Crippen molar-refractivity contribution in [3.8, 4) is 23.0 Å². The molecule has 5 heteroatoms. The van der Waals surface area contributed by atoms with Gasteiger partial charge in [-0.3, -0.25) is 0 Å². The van der Waals surface area contributed by atoms with Gasteiger partial charge in [-0.2, -0.15) is 0 Å². The molecule has 0 aliphatic heterocycles. The third kappa shape index (κ3) is 1.56. The van der Waals surface area contributed by atoms with Crippen LogP contribution in [0.1, 0.15) is 0 Å². The average molecular weight is 274 g/mol. The van der Waals surface area contributed by atoms with Gasteiger partial charge in [0.15, 0.2) is 11.3 Å². The summed E-state index contributed by atoms with van der Waals surface area (Å²) in [5, 5.41) is 11.6. The van der Waals surface area contributed by atoms with Gasteiger partial charge in [-0.25, -0.2) is 0 Å². The highest BCUT2D eigenvalue weighted by Crippen LogP contribution is 2.47. The van der Waals surface area contributed by atoms with E-state index in [9.17, 15) is 5.11 Å². The molecule has 0 aliphatic carbocycles. The quantitative estimate of drug-likeness (QED) is 0.793. The third-order valence-corrected chi connectivity index (χ3v) is 3.27. The van der Waals surface area contributed by atoms with E-state index in [1.165, 1.54) is 14.2 Å². The maximum atomic E-state index is 10.1. The van der Waals surface area contributed by atoms with Crippen molar-refractivity contribution in [3.63, 3.8) is 0 Å². The van der Waals surface area contributed by atoms with Gasteiger partial charge in [-0.05, 0) is 18.2 Å². The Morgan fingerprint density at radius 1 is 1.00 bits per heavy atom. The summed E-state index contributed by atoms with van der Waals surface area (Å²) >= 11 is 0. The van der Waals surface area contributed by atoms with Crippen LogP contribution in [0, 0.1) is 0 Å². The molecule has 3 aromatic rings. The molecule has 0 fully saturated rings. The molecule has 0 saturated carbocycles. The van der Waals surface area contributed by atoms with Crippen LogP contribution in [0.15, 0.2) is 28.7 Å². The number of hydrogen-bond donors (Lipinski definition) is 1. The van der Waals surface area contributed by atoms with E-state index in [0.717, 1.165) is 5.39 Å². The van der Waals surface area contributed by atoms with E-state index in [-0.39, 0.29) is 11.5 Å². The van der Waals surface area contributed by atoms with Crippen LogP contribution in [-0.2, 0) is 0 Å². The number of ether oxygens (including phenoxy) is 3. The Bertz CT molecular complexity index is 788. The molecule has 0 amide bonds. The number of rotatable bonds is 3. The fraction of sp³-hybridized carbons (Fsp3) is 0.200. The summed E-state index contributed by atoms with van der Waals surface area (Å²) in [5.74, 6) is 1.28. The van der Waals surface area contributed by atoms with E-state index in [4.69, 9.17) is 18.6 Å². The topological polar surface area (TPSA) is 61.1 Å². The van der Waals surface area contributed by atoms with Gasteiger partial charge in [-0.1, -0.05) is 6.07 Å². The second-order valence-electron chi connectivity index (χ2n) is 4.27. The predicted octanol–water partition coefficient (Wildman–Crippen LogP) is 3.32. The SMILES string of the molecule is COc1c(O)cc2c(oc3cccc(OC)c32)c1OC. The minimum atomic E-state index is -0.00884. The van der Waals surface area contributed by atoms with Crippen molar-refractivity contribution in [2.75, 3.05) is 21.3 Å². The van der Waals surface area contributed by atoms with Crippen molar-refractivity contribution in [3.05, 3.63) is 24.3 Å². The zero-order valence-electron chi connectivity index (χ0n) is 11.4. The maximum Gasteiger partial charge on any atom is 0.208 e. The molecule has 0 saturated heterocycles. The second kappa shape index (κ2) is 4.52. The number of benzene rings is 2. The molecule has 0 atom stereocenters. The first-order chi connectivity index (χ1) is 9.71. The highest BCUT2D eigenvalue weighted by molar-refractivity contribution is 6.11. The lowest BCUT2D eigenvalue weighted by Gasteiger charge is -2.09. The lowest BCUT2D eigenvalue weighted by molar-refractivity contribution is 0.333. The maximum absolute atomic E-state index is 10.1. The van der Waals surface area contributed by atoms with Crippen LogP contribution in [0.4, 0.5) is 0 Å². The first-order valence-corrected chi connectivity index (χ1v) is 6.04. The Labute approximate surface area is 115 Å². The molecule has 0 aliphatic rings. The van der Waals surface area contributed by atoms with Gasteiger partial charge < -0.3 is 23.7 Å². The van der Waals surface area contributed by atoms with Gasteiger partial charge in [-0.15, -0.1) is 0 Å². The smallest absolute Gasteiger partial charge is 0.208 e. The molecule has 0 unspecified atom stereocenters. The van der Waals surface area contributed by atoms with Gasteiger partial charge in [0.05, 0.1) is 26.7 Å². The Balaban J connectivity index is 2.52. The fourth-order valence-electron chi connectivity index (χ4n) is 2.42. The molecular weight excluding hydrogens is 260 g/mol. The number of hydrogen-bond acceptors (Lipinski definition) is 5. The Kier molecular flexibility index (Phi) is 2.82. The number of fused-ring (bicyclic) bond motifs is 3. The predicted molar refractivity (Wildman–Crippen MR) is 75.0 cm³/mol. The number of phenols is 1. The second-order valence-corrected chi connectivity index (χ2v) is 4.27. The minimum Gasteiger partial charge on any atom is -0.504 e. The van der Waals surface area contributed by atoms with E-state index in [0.29, 0.717) is 28.1 Å². The lowest BCUT2D eigenvalue weighted by atomic mass is 10.1. The van der Waals surface area contributed by atoms with Crippen molar-refractivity contribution in [1.82, 2.24) is 0 Å². The summed E-state index contributed by atoms with van der Waals surface area (Å²) in [6, 6.07) is 7.10. The first-order valence-electron chi connectivity index (χ1n) is 6.04. The standard InChI is InChI=1S/C15H14O5/c1-17-10-5-4-6-11-12(10)8-7-9(16)14(18-2)15(19-3)13(8)20-11/h4-7,16H,1-3H3. The van der Waals surface area contributed by atoms with E-state index < -0.39 is 0 Å². The summed E-state index contributed by atoms with van der Waals surface area (Å²) in [6.07, 6.45) is 0. The highest BCUT2D eigenvalue weighted by atomic mass is 16.5. The molecule has 3 rings (SSSR count). The van der Waals surface area contributed by atoms with E-state index in [1.807, 2.05) is 18.2 Å². The van der Waals surface area contributed by atoms with Gasteiger partial charge in [0, 0.05) is 5.39 Å². The molecule has 1 aromatic heterocycles. The van der Waals surface area contributed by atoms with Crippen molar-refractivity contribution >= 4 is 21.9 Å². The third-order valence-electron chi connectivity index (χ3n) is 3.27. The van der Waals surface area contributed by atoms with Crippen LogP contribution in [0.5, 0.6) is 23.0 Å². The summed E-state index contributed by atoms with van der Waals surface area (Å²) in [6.45, 7) is 0. The van der Waals surface area contributed by atoms with Crippen molar-refractivity contribution < 1.29 is 23.7 Å². The zero-order chi connectivity index (χ0) is 14.3. The number of phenolic OH excluding ortho intramolecular Hbond substituents is 1. The summed E-state index contributed by atoms with van der Waals surface area (Å²) in [4.78, 5) is 0. The van der Waals surface area contributed by atoms with Crippen molar-refractivity contribution in [1.29, 1.82) is 0 Å². The summed E-state index contributed by atoms with van der Waals surface area (Å²) in [5.41, 5.74) is 1.17. The van der Waals surface area contributed by atoms with Crippen LogP contribution in [0.25, 0.3) is 21.9 Å². The molecule has 0 spiro atoms. The minimum absolute atomic E-state index is 0.00884. The van der Waals surface area contributed by atoms with Crippen LogP contribution >= 0.6 is 0 Å². The molecule has 20 heavy (non-hydrogen) atoms. The number of furan rings is 1. The van der Waals surface area contributed by atoms with Gasteiger partial charge >= 0.3 is 0 Å². The first kappa shape index (κ1) is 12.5. The Morgan fingerprint density at radius 3 is 2.40 bits per heavy atom. The molecule has 1 heterocycles. The van der Waals surface area contributed by atoms with Gasteiger partial charge in [0.1, 0.15) is 11.3 Å². The van der Waals surface area contributed by atoms with E-state index >= 15 is 0 Å². The summed E-state index contributed by atoms with van der Waals surface area (Å²) in [7, 11) is 4.56. The molecule has 0 radical (unpaired) electrons. The zero-order valence-corrected chi connectivity index (χ0v) is 11.4. The lowest BCUT2D eigenvalue weighted by Crippen LogP contribution is -1.91. The van der Waals surface area contributed by atoms with Crippen LogP contribution in [-0.4, -0.2) is 26.4 Å². The van der Waals surface area contributed by atoms with E-state index in [1.54, 1.807) is 13.2 Å². The molecular formula is C15H14O5. The van der Waals surface area contributed by atoms with E-state index in [2.05, 4.69) is 0 Å². The van der Waals surface area contributed by atoms with Crippen LogP contribution in [0.3, 0.4) is 0 Å². The van der Waals surface area contributed by atoms with Crippen molar-refractivity contribution in [2.24, 2.45) is 0 Å². The average Bonchev–Trinajstić information content (AvgIpc) is 2.83. The monoisotopic (exact) mass is 274 g/mol. The number of aromatic hydroxyl groups is 1. The highest BCUT2D eigenvalue weighted by Gasteiger charge is 2.21. The van der Waals surface area contributed by atoms with Crippen LogP contribution in [0.2, 0.25) is 0 Å². The Hall–Kier alpha value is -2.56. The normalized spacial score (nSPS) is 10.9. The molecule has 1 N–H and O–H groups in total. The molecule has 2 aromatic carbocycles. The summed E-state index contributed by atoms with van der Waals surface area (Å²) < 4.78 is 21.6. The largest absolute Gasteiger partial charge is 0.504 e. The molecule has 104 valence electrons. The fourth-order valence-corrected chi connectivity index (χ4v) is 2.42. The Morgan fingerprint density at radius 2 is 1.75 bits per heavy atom. The molecule has 0 bridgehead atoms. The molecule has 5 nitrogen and oxygen atoms in total. The van der Waals surface area contributed by atoms with Crippen LogP contribution < -0.4 is 14.2 Å². The van der Waals surface area contributed by atoms with Gasteiger partial charge in [0.2, 0.25) is 11.5 Å². The van der Waals surface area contributed by atoms with Gasteiger partial charge in [0.25, 0.3) is 0 Å². The number of methoxy groups -OCH3 is 3.